The van der Waals surface area contributed by atoms with Gasteiger partial charge in [0.05, 0.1) is 17.0 Å². The third-order valence-corrected chi connectivity index (χ3v) is 7.28. The molecule has 0 aliphatic carbocycles. The number of carbonyl (C=O) groups is 1. The van der Waals surface area contributed by atoms with Gasteiger partial charge in [0, 0.05) is 25.4 Å². The number of hydrogen-bond donors (Lipinski definition) is 1. The summed E-state index contributed by atoms with van der Waals surface area (Å²) in [6.45, 7) is 9.02. The van der Waals surface area contributed by atoms with Crippen LogP contribution in [0.5, 0.6) is 0 Å². The van der Waals surface area contributed by atoms with Crippen LogP contribution in [0.15, 0.2) is 53.6 Å². The first-order valence-electron chi connectivity index (χ1n) is 11.8. The second-order valence-electron chi connectivity index (χ2n) is 9.90. The van der Waals surface area contributed by atoms with Gasteiger partial charge in [0.15, 0.2) is 0 Å². The molecule has 0 bridgehead atoms. The highest BCUT2D eigenvalue weighted by molar-refractivity contribution is 7.90. The summed E-state index contributed by atoms with van der Waals surface area (Å²) in [5, 5.41) is 4.53. The Hall–Kier alpha value is -2.97. The molecule has 8 heteroatoms. The van der Waals surface area contributed by atoms with Gasteiger partial charge in [0.1, 0.15) is 0 Å². The molecule has 0 radical (unpaired) electrons. The molecule has 188 valence electrons. The summed E-state index contributed by atoms with van der Waals surface area (Å²) in [4.78, 5) is 15.1. The number of sulfonamides is 1. The number of nitrogens with zero attached hydrogens (tertiary/aromatic N) is 3. The van der Waals surface area contributed by atoms with Crippen molar-refractivity contribution >= 4 is 15.9 Å². The standard InChI is InChI=1S/C27H36N4O3S/c1-18(2)23-14-21(26-12-13-31(7)28-26)15-24(19(3)4)25(23)16-27(32)29-35(33,34)22-10-8-20(9-11-22)17-30(5)6/h8-15,18-19H,16-17H2,1-7H3,(H,29,32). The highest BCUT2D eigenvalue weighted by Crippen LogP contribution is 2.33. The van der Waals surface area contributed by atoms with Crippen LogP contribution >= 0.6 is 0 Å². The van der Waals surface area contributed by atoms with Crippen LogP contribution in [0.2, 0.25) is 0 Å². The van der Waals surface area contributed by atoms with Gasteiger partial charge in [0.2, 0.25) is 5.91 Å². The molecule has 2 aromatic carbocycles. The molecule has 0 fully saturated rings. The Morgan fingerprint density at radius 2 is 1.57 bits per heavy atom. The Kier molecular flexibility index (Phi) is 8.18. The van der Waals surface area contributed by atoms with E-state index in [-0.39, 0.29) is 23.2 Å². The molecule has 0 atom stereocenters. The Labute approximate surface area is 209 Å². The lowest BCUT2D eigenvalue weighted by molar-refractivity contribution is -0.118. The summed E-state index contributed by atoms with van der Waals surface area (Å²) in [6.07, 6.45) is 1.89. The smallest absolute Gasteiger partial charge is 0.264 e. The van der Waals surface area contributed by atoms with Crippen molar-refractivity contribution in [3.8, 4) is 11.3 Å². The van der Waals surface area contributed by atoms with Gasteiger partial charge >= 0.3 is 0 Å². The maximum absolute atomic E-state index is 13.0. The molecular formula is C27H36N4O3S. The van der Waals surface area contributed by atoms with Gasteiger partial charge in [-0.2, -0.15) is 5.10 Å². The van der Waals surface area contributed by atoms with Gasteiger partial charge in [-0.15, -0.1) is 0 Å². The molecule has 7 nitrogen and oxygen atoms in total. The molecule has 0 saturated heterocycles. The van der Waals surface area contributed by atoms with E-state index in [1.165, 1.54) is 12.1 Å². The second-order valence-corrected chi connectivity index (χ2v) is 11.6. The zero-order valence-corrected chi connectivity index (χ0v) is 22.5. The summed E-state index contributed by atoms with van der Waals surface area (Å²) in [5.74, 6) is -0.239. The highest BCUT2D eigenvalue weighted by atomic mass is 32.2. The van der Waals surface area contributed by atoms with Gasteiger partial charge in [-0.25, -0.2) is 13.1 Å². The number of rotatable bonds is 9. The van der Waals surface area contributed by atoms with Crippen LogP contribution in [0.3, 0.4) is 0 Å². The second kappa shape index (κ2) is 10.7. The maximum atomic E-state index is 13.0. The number of aryl methyl sites for hydroxylation is 1. The van der Waals surface area contributed by atoms with Crippen molar-refractivity contribution in [3.63, 3.8) is 0 Å². The maximum Gasteiger partial charge on any atom is 0.264 e. The Morgan fingerprint density at radius 3 is 2.03 bits per heavy atom. The molecule has 1 amide bonds. The van der Waals surface area contributed by atoms with Crippen LogP contribution < -0.4 is 4.72 Å². The zero-order valence-electron chi connectivity index (χ0n) is 21.7. The average molecular weight is 497 g/mol. The van der Waals surface area contributed by atoms with Crippen LogP contribution in [-0.4, -0.2) is 43.1 Å². The van der Waals surface area contributed by atoms with E-state index >= 15 is 0 Å². The molecule has 3 aromatic rings. The van der Waals surface area contributed by atoms with Crippen LogP contribution in [0.1, 0.15) is 61.8 Å². The predicted octanol–water partition coefficient (Wildman–Crippen LogP) is 4.44. The van der Waals surface area contributed by atoms with Crippen molar-refractivity contribution in [2.24, 2.45) is 7.05 Å². The minimum Gasteiger partial charge on any atom is -0.305 e. The lowest BCUT2D eigenvalue weighted by Crippen LogP contribution is -2.32. The molecule has 1 aromatic heterocycles. The van der Waals surface area contributed by atoms with Gasteiger partial charge < -0.3 is 4.90 Å². The molecule has 1 heterocycles. The van der Waals surface area contributed by atoms with E-state index < -0.39 is 15.9 Å². The van der Waals surface area contributed by atoms with E-state index in [0.29, 0.717) is 6.54 Å². The number of hydrogen-bond acceptors (Lipinski definition) is 5. The molecule has 0 unspecified atom stereocenters. The van der Waals surface area contributed by atoms with Gasteiger partial charge in [0.25, 0.3) is 10.0 Å². The minimum absolute atomic E-state index is 0.0124. The third kappa shape index (κ3) is 6.58. The molecule has 35 heavy (non-hydrogen) atoms. The Bertz CT molecular complexity index is 1260. The first kappa shape index (κ1) is 26.6. The monoisotopic (exact) mass is 496 g/mol. The average Bonchev–Trinajstić information content (AvgIpc) is 3.19. The molecule has 0 spiro atoms. The lowest BCUT2D eigenvalue weighted by atomic mass is 9.84. The quantitative estimate of drug-likeness (QED) is 0.473. The molecule has 1 N–H and O–H groups in total. The van der Waals surface area contributed by atoms with E-state index in [9.17, 15) is 13.2 Å². The summed E-state index contributed by atoms with van der Waals surface area (Å²) in [5.41, 5.74) is 5.79. The predicted molar refractivity (Wildman–Crippen MR) is 140 cm³/mol. The summed E-state index contributed by atoms with van der Waals surface area (Å²) in [6, 6.07) is 12.7. The number of carbonyl (C=O) groups excluding carboxylic acids is 1. The van der Waals surface area contributed by atoms with Crippen molar-refractivity contribution in [1.82, 2.24) is 19.4 Å². The SMILES string of the molecule is CC(C)c1cc(-c2ccn(C)n2)cc(C(C)C)c1CC(=O)NS(=O)(=O)c1ccc(CN(C)C)cc1. The first-order chi connectivity index (χ1) is 16.4. The van der Waals surface area contributed by atoms with E-state index in [0.717, 1.165) is 33.5 Å². The van der Waals surface area contributed by atoms with Crippen LogP contribution in [0, 0.1) is 0 Å². The zero-order chi connectivity index (χ0) is 25.9. The van der Waals surface area contributed by atoms with Gasteiger partial charge in [-0.1, -0.05) is 39.8 Å². The number of aromatic nitrogens is 2. The van der Waals surface area contributed by atoms with Crippen LogP contribution in [0.25, 0.3) is 11.3 Å². The van der Waals surface area contributed by atoms with Gasteiger partial charge in [-0.05, 0) is 78.5 Å². The highest BCUT2D eigenvalue weighted by Gasteiger charge is 2.23. The molecule has 0 aliphatic rings. The Morgan fingerprint density at radius 1 is 1.00 bits per heavy atom. The molecule has 0 saturated carbocycles. The molecule has 3 rings (SSSR count). The van der Waals surface area contributed by atoms with E-state index in [2.05, 4.69) is 49.6 Å². The summed E-state index contributed by atoms with van der Waals surface area (Å²) in [7, 11) is 1.81. The summed E-state index contributed by atoms with van der Waals surface area (Å²) < 4.78 is 29.8. The normalized spacial score (nSPS) is 12.1. The fourth-order valence-corrected chi connectivity index (χ4v) is 5.20. The van der Waals surface area contributed by atoms with Crippen LogP contribution in [0.4, 0.5) is 0 Å². The summed E-state index contributed by atoms with van der Waals surface area (Å²) >= 11 is 0. The van der Waals surface area contributed by atoms with Crippen molar-refractivity contribution in [2.45, 2.75) is 57.4 Å². The van der Waals surface area contributed by atoms with E-state index in [4.69, 9.17) is 0 Å². The first-order valence-corrected chi connectivity index (χ1v) is 13.3. The topological polar surface area (TPSA) is 84.3 Å². The van der Waals surface area contributed by atoms with Crippen molar-refractivity contribution in [1.29, 1.82) is 0 Å². The fourth-order valence-electron chi connectivity index (χ4n) is 4.21. The minimum atomic E-state index is -3.97. The van der Waals surface area contributed by atoms with E-state index in [1.807, 2.05) is 38.3 Å². The number of nitrogens with one attached hydrogen (secondary N) is 1. The molecular weight excluding hydrogens is 460 g/mol. The van der Waals surface area contributed by atoms with E-state index in [1.54, 1.807) is 16.8 Å². The van der Waals surface area contributed by atoms with Crippen molar-refractivity contribution < 1.29 is 13.2 Å². The van der Waals surface area contributed by atoms with Crippen molar-refractivity contribution in [2.75, 3.05) is 14.1 Å². The fraction of sp³-hybridized carbons (Fsp3) is 0.407. The number of amides is 1. The van der Waals surface area contributed by atoms with Crippen molar-refractivity contribution in [3.05, 3.63) is 70.9 Å². The Balaban J connectivity index is 1.90. The lowest BCUT2D eigenvalue weighted by Gasteiger charge is -2.21. The number of benzene rings is 2. The third-order valence-electron chi connectivity index (χ3n) is 5.89. The largest absolute Gasteiger partial charge is 0.305 e. The van der Waals surface area contributed by atoms with Gasteiger partial charge in [-0.3, -0.25) is 9.48 Å². The molecule has 0 aliphatic heterocycles. The van der Waals surface area contributed by atoms with Crippen LogP contribution in [-0.2, 0) is 34.8 Å².